The van der Waals surface area contributed by atoms with E-state index in [2.05, 4.69) is 0 Å². The second-order valence-electron chi connectivity index (χ2n) is 8.31. The Kier molecular flexibility index (Phi) is 5.17. The van der Waals surface area contributed by atoms with Gasteiger partial charge in [0.1, 0.15) is 12.2 Å². The molecule has 34 heavy (non-hydrogen) atoms. The summed E-state index contributed by atoms with van der Waals surface area (Å²) in [7, 11) is 0. The Morgan fingerprint density at radius 2 is 1.65 bits per heavy atom. The Hall–Kier alpha value is -4.39. The van der Waals surface area contributed by atoms with Crippen LogP contribution < -0.4 is 11.4 Å². The van der Waals surface area contributed by atoms with E-state index in [4.69, 9.17) is 14.9 Å². The SMILES string of the molecule is Cc1c(C(C(=O)O)C(=O)OCC2c3ccccc3-c3ccccc32)c(=O)oc2cc(N)ccc12. The first-order chi connectivity index (χ1) is 16.4. The maximum atomic E-state index is 13.1. The van der Waals surface area contributed by atoms with Gasteiger partial charge in [-0.3, -0.25) is 9.59 Å². The maximum Gasteiger partial charge on any atom is 0.341 e. The number of nitrogen functional groups attached to an aromatic ring is 1. The minimum Gasteiger partial charge on any atom is -0.480 e. The van der Waals surface area contributed by atoms with E-state index in [1.54, 1.807) is 19.1 Å². The third-order valence-corrected chi connectivity index (χ3v) is 6.36. The summed E-state index contributed by atoms with van der Waals surface area (Å²) in [5.74, 6) is -4.55. The molecule has 0 spiro atoms. The average molecular weight is 455 g/mol. The van der Waals surface area contributed by atoms with Gasteiger partial charge in [0.25, 0.3) is 0 Å². The van der Waals surface area contributed by atoms with Crippen LogP contribution in [0.2, 0.25) is 0 Å². The molecule has 0 saturated carbocycles. The Morgan fingerprint density at radius 1 is 1.03 bits per heavy atom. The zero-order chi connectivity index (χ0) is 24.0. The lowest BCUT2D eigenvalue weighted by molar-refractivity contribution is -0.154. The number of esters is 1. The highest BCUT2D eigenvalue weighted by Gasteiger charge is 2.37. The van der Waals surface area contributed by atoms with Crippen molar-refractivity contribution in [3.05, 3.63) is 99.4 Å². The van der Waals surface area contributed by atoms with E-state index in [0.717, 1.165) is 22.3 Å². The van der Waals surface area contributed by atoms with Gasteiger partial charge in [0.2, 0.25) is 0 Å². The largest absolute Gasteiger partial charge is 0.480 e. The number of carbonyl (C=O) groups excluding carboxylic acids is 1. The first-order valence-electron chi connectivity index (χ1n) is 10.8. The zero-order valence-electron chi connectivity index (χ0n) is 18.3. The summed E-state index contributed by atoms with van der Waals surface area (Å²) in [4.78, 5) is 37.9. The molecule has 0 bridgehead atoms. The lowest BCUT2D eigenvalue weighted by Gasteiger charge is -2.18. The van der Waals surface area contributed by atoms with Gasteiger partial charge in [0.05, 0.1) is 5.56 Å². The number of hydrogen-bond donors (Lipinski definition) is 2. The van der Waals surface area contributed by atoms with Gasteiger partial charge < -0.3 is 20.0 Å². The van der Waals surface area contributed by atoms with Crippen LogP contribution in [0.3, 0.4) is 0 Å². The van der Waals surface area contributed by atoms with Gasteiger partial charge in [-0.1, -0.05) is 48.5 Å². The molecule has 1 unspecified atom stereocenters. The van der Waals surface area contributed by atoms with Crippen molar-refractivity contribution in [3.63, 3.8) is 0 Å². The van der Waals surface area contributed by atoms with Gasteiger partial charge >= 0.3 is 17.6 Å². The first-order valence-corrected chi connectivity index (χ1v) is 10.8. The Labute approximate surface area is 194 Å². The summed E-state index contributed by atoms with van der Waals surface area (Å²) in [6, 6.07) is 20.4. The van der Waals surface area contributed by atoms with Gasteiger partial charge in [-0.25, -0.2) is 4.79 Å². The van der Waals surface area contributed by atoms with Crippen molar-refractivity contribution >= 4 is 28.6 Å². The van der Waals surface area contributed by atoms with Crippen molar-refractivity contribution in [3.8, 4) is 11.1 Å². The van der Waals surface area contributed by atoms with E-state index in [0.29, 0.717) is 16.6 Å². The van der Waals surface area contributed by atoms with Crippen molar-refractivity contribution in [1.82, 2.24) is 0 Å². The number of anilines is 1. The highest BCUT2D eigenvalue weighted by atomic mass is 16.5. The molecule has 7 heteroatoms. The molecular formula is C27H21NO6. The van der Waals surface area contributed by atoms with Gasteiger partial charge in [0.15, 0.2) is 5.92 Å². The lowest BCUT2D eigenvalue weighted by Crippen LogP contribution is -2.30. The molecule has 1 aliphatic rings. The Bertz CT molecular complexity index is 1470. The van der Waals surface area contributed by atoms with Crippen molar-refractivity contribution < 1.29 is 23.8 Å². The summed E-state index contributed by atoms with van der Waals surface area (Å²) in [5.41, 5.74) is 9.68. The molecule has 1 atom stereocenters. The molecule has 0 fully saturated rings. The predicted molar refractivity (Wildman–Crippen MR) is 127 cm³/mol. The van der Waals surface area contributed by atoms with Gasteiger partial charge in [-0.15, -0.1) is 0 Å². The zero-order valence-corrected chi connectivity index (χ0v) is 18.3. The lowest BCUT2D eigenvalue weighted by atomic mass is 9.94. The molecule has 0 radical (unpaired) electrons. The highest BCUT2D eigenvalue weighted by molar-refractivity contribution is 6.01. The molecule has 0 amide bonds. The van der Waals surface area contributed by atoms with Crippen LogP contribution in [-0.4, -0.2) is 23.7 Å². The number of carboxylic acids is 1. The molecule has 5 rings (SSSR count). The third kappa shape index (κ3) is 3.42. The monoisotopic (exact) mass is 455 g/mol. The second-order valence-corrected chi connectivity index (χ2v) is 8.31. The van der Waals surface area contributed by atoms with Crippen molar-refractivity contribution in [1.29, 1.82) is 0 Å². The Balaban J connectivity index is 1.48. The van der Waals surface area contributed by atoms with Crippen LogP contribution in [0.15, 0.2) is 75.9 Å². The number of carbonyl (C=O) groups is 2. The summed E-state index contributed by atoms with van der Waals surface area (Å²) in [5, 5.41) is 10.4. The quantitative estimate of drug-likeness (QED) is 0.200. The fourth-order valence-electron chi connectivity index (χ4n) is 4.75. The molecule has 170 valence electrons. The molecule has 1 heterocycles. The molecule has 1 aromatic heterocycles. The van der Waals surface area contributed by atoms with E-state index in [1.807, 2.05) is 48.5 Å². The summed E-state index contributed by atoms with van der Waals surface area (Å²) in [6.07, 6.45) is 0. The van der Waals surface area contributed by atoms with Crippen molar-refractivity contribution in [2.75, 3.05) is 12.3 Å². The minimum atomic E-state index is -1.81. The highest BCUT2D eigenvalue weighted by Crippen LogP contribution is 2.44. The normalized spacial score (nSPS) is 13.3. The van der Waals surface area contributed by atoms with E-state index in [1.165, 1.54) is 6.07 Å². The summed E-state index contributed by atoms with van der Waals surface area (Å²) in [6.45, 7) is 1.53. The number of fused-ring (bicyclic) bond motifs is 4. The second kappa shape index (κ2) is 8.19. The molecular weight excluding hydrogens is 434 g/mol. The van der Waals surface area contributed by atoms with Crippen LogP contribution in [0, 0.1) is 6.92 Å². The van der Waals surface area contributed by atoms with Gasteiger partial charge in [-0.2, -0.15) is 0 Å². The summed E-state index contributed by atoms with van der Waals surface area (Å²) < 4.78 is 10.8. The maximum absolute atomic E-state index is 13.1. The van der Waals surface area contributed by atoms with E-state index in [-0.39, 0.29) is 23.7 Å². The predicted octanol–water partition coefficient (Wildman–Crippen LogP) is 4.21. The van der Waals surface area contributed by atoms with Gasteiger partial charge in [0, 0.05) is 23.1 Å². The standard InChI is InChI=1S/C27H21NO6/c1-14-16-11-10-15(28)12-22(16)34-27(32)23(14)24(25(29)30)26(31)33-13-21-19-8-4-2-6-17(19)18-7-3-5-9-20(18)21/h2-12,21,24H,13,28H2,1H3,(H,29,30). The molecule has 0 saturated heterocycles. The number of aryl methyl sites for hydroxylation is 1. The minimum absolute atomic E-state index is 0.0505. The third-order valence-electron chi connectivity index (χ3n) is 6.36. The number of ether oxygens (including phenoxy) is 1. The van der Waals surface area contributed by atoms with Crippen molar-refractivity contribution in [2.45, 2.75) is 18.8 Å². The van der Waals surface area contributed by atoms with Crippen LogP contribution in [-0.2, 0) is 14.3 Å². The smallest absolute Gasteiger partial charge is 0.341 e. The van der Waals surface area contributed by atoms with Gasteiger partial charge in [-0.05, 0) is 46.9 Å². The first kappa shape index (κ1) is 21.5. The molecule has 1 aliphatic carbocycles. The molecule has 4 aromatic rings. The van der Waals surface area contributed by atoms with Crippen LogP contribution >= 0.6 is 0 Å². The van der Waals surface area contributed by atoms with E-state index < -0.39 is 23.5 Å². The number of carboxylic acid groups (broad SMARTS) is 1. The fraction of sp³-hybridized carbons (Fsp3) is 0.148. The Morgan fingerprint density at radius 3 is 2.26 bits per heavy atom. The van der Waals surface area contributed by atoms with Crippen molar-refractivity contribution in [2.24, 2.45) is 0 Å². The number of hydrogen-bond acceptors (Lipinski definition) is 6. The topological polar surface area (TPSA) is 120 Å². The number of benzene rings is 3. The number of nitrogens with two attached hydrogens (primary N) is 1. The van der Waals surface area contributed by atoms with E-state index in [9.17, 15) is 19.5 Å². The average Bonchev–Trinajstić information content (AvgIpc) is 3.13. The van der Waals surface area contributed by atoms with E-state index >= 15 is 0 Å². The van der Waals surface area contributed by atoms with Crippen LogP contribution in [0.1, 0.15) is 34.1 Å². The van der Waals surface area contributed by atoms with Crippen LogP contribution in [0.25, 0.3) is 22.1 Å². The fourth-order valence-corrected chi connectivity index (χ4v) is 4.75. The summed E-state index contributed by atoms with van der Waals surface area (Å²) >= 11 is 0. The molecule has 7 nitrogen and oxygen atoms in total. The number of aliphatic carboxylic acids is 1. The van der Waals surface area contributed by atoms with Crippen LogP contribution in [0.5, 0.6) is 0 Å². The molecule has 3 aromatic carbocycles. The number of rotatable bonds is 5. The molecule has 0 aliphatic heterocycles. The van der Waals surface area contributed by atoms with Crippen LogP contribution in [0.4, 0.5) is 5.69 Å². The molecule has 3 N–H and O–H groups in total.